The second kappa shape index (κ2) is 12.5. The average molecular weight is 367 g/mol. The van der Waals surface area contributed by atoms with Crippen LogP contribution in [0.15, 0.2) is 0 Å². The van der Waals surface area contributed by atoms with Gasteiger partial charge in [0.1, 0.15) is 19.8 Å². The molecule has 0 unspecified atom stereocenters. The number of carbonyl (C=O) groups excluding carboxylic acids is 3. The van der Waals surface area contributed by atoms with Gasteiger partial charge in [0.25, 0.3) is 0 Å². The first kappa shape index (κ1) is 22.1. The first-order valence-electron chi connectivity index (χ1n) is 7.61. The number of hydrogen-bond donors (Lipinski definition) is 2. The SMILES string of the molecule is CCC(=O)OCC(CC)(COC(=O)CCS)COC(=O)CCS. The zero-order chi connectivity index (χ0) is 17.7. The molecule has 0 rings (SSSR count). The van der Waals surface area contributed by atoms with Crippen LogP contribution in [0.2, 0.25) is 0 Å². The largest absolute Gasteiger partial charge is 0.465 e. The number of carbonyl (C=O) groups is 3. The molecular formula is C15H26O6S2. The van der Waals surface area contributed by atoms with Crippen molar-refractivity contribution >= 4 is 43.2 Å². The quantitative estimate of drug-likeness (QED) is 0.313. The lowest BCUT2D eigenvalue weighted by atomic mass is 9.88. The molecular weight excluding hydrogens is 340 g/mol. The predicted molar refractivity (Wildman–Crippen MR) is 92.8 cm³/mol. The summed E-state index contributed by atoms with van der Waals surface area (Å²) >= 11 is 7.95. The van der Waals surface area contributed by atoms with E-state index in [-0.39, 0.29) is 57.0 Å². The summed E-state index contributed by atoms with van der Waals surface area (Å²) < 4.78 is 15.6. The molecule has 134 valence electrons. The molecule has 0 aliphatic heterocycles. The molecule has 0 bridgehead atoms. The van der Waals surface area contributed by atoms with E-state index in [9.17, 15) is 14.4 Å². The maximum Gasteiger partial charge on any atom is 0.306 e. The molecule has 6 nitrogen and oxygen atoms in total. The fourth-order valence-electron chi connectivity index (χ4n) is 1.56. The van der Waals surface area contributed by atoms with Crippen LogP contribution in [-0.2, 0) is 28.6 Å². The third kappa shape index (κ3) is 9.76. The Kier molecular flexibility index (Phi) is 12.0. The molecule has 0 saturated heterocycles. The lowest BCUT2D eigenvalue weighted by molar-refractivity contribution is -0.161. The van der Waals surface area contributed by atoms with Gasteiger partial charge in [0, 0.05) is 17.9 Å². The molecule has 0 spiro atoms. The van der Waals surface area contributed by atoms with Crippen LogP contribution >= 0.6 is 25.3 Å². The summed E-state index contributed by atoms with van der Waals surface area (Å²) in [5.41, 5.74) is -0.747. The van der Waals surface area contributed by atoms with Crippen molar-refractivity contribution in [3.63, 3.8) is 0 Å². The first-order valence-corrected chi connectivity index (χ1v) is 8.88. The van der Waals surface area contributed by atoms with Crippen molar-refractivity contribution in [3.8, 4) is 0 Å². The van der Waals surface area contributed by atoms with Crippen molar-refractivity contribution < 1.29 is 28.6 Å². The molecule has 0 aliphatic carbocycles. The van der Waals surface area contributed by atoms with Crippen LogP contribution in [-0.4, -0.2) is 49.2 Å². The van der Waals surface area contributed by atoms with Gasteiger partial charge < -0.3 is 14.2 Å². The summed E-state index contributed by atoms with van der Waals surface area (Å²) in [6.07, 6.45) is 1.15. The van der Waals surface area contributed by atoms with E-state index < -0.39 is 5.41 Å². The highest BCUT2D eigenvalue weighted by atomic mass is 32.1. The van der Waals surface area contributed by atoms with E-state index >= 15 is 0 Å². The number of esters is 3. The van der Waals surface area contributed by atoms with E-state index in [1.165, 1.54) is 0 Å². The van der Waals surface area contributed by atoms with Gasteiger partial charge in [0.2, 0.25) is 0 Å². The zero-order valence-corrected chi connectivity index (χ0v) is 15.5. The van der Waals surface area contributed by atoms with E-state index in [0.717, 1.165) is 0 Å². The van der Waals surface area contributed by atoms with Crippen molar-refractivity contribution in [1.29, 1.82) is 0 Å². The summed E-state index contributed by atoms with van der Waals surface area (Å²) in [4.78, 5) is 34.5. The summed E-state index contributed by atoms with van der Waals surface area (Å²) in [5.74, 6) is -0.353. The third-order valence-corrected chi connectivity index (χ3v) is 3.74. The predicted octanol–water partition coefficient (Wildman–Crippen LogP) is 2.06. The number of ether oxygens (including phenoxy) is 3. The van der Waals surface area contributed by atoms with Gasteiger partial charge in [-0.25, -0.2) is 0 Å². The van der Waals surface area contributed by atoms with Crippen molar-refractivity contribution in [2.45, 2.75) is 39.5 Å². The normalized spacial score (nSPS) is 11.0. The van der Waals surface area contributed by atoms with Crippen LogP contribution in [0.3, 0.4) is 0 Å². The van der Waals surface area contributed by atoms with Crippen molar-refractivity contribution in [2.75, 3.05) is 31.3 Å². The minimum atomic E-state index is -0.747. The smallest absolute Gasteiger partial charge is 0.306 e. The summed E-state index contributed by atoms with van der Waals surface area (Å²) in [6.45, 7) is 3.61. The first-order chi connectivity index (χ1) is 10.9. The summed E-state index contributed by atoms with van der Waals surface area (Å²) in [5, 5.41) is 0. The fraction of sp³-hybridized carbons (Fsp3) is 0.800. The second-order valence-electron chi connectivity index (χ2n) is 5.14. The summed E-state index contributed by atoms with van der Waals surface area (Å²) in [7, 11) is 0. The monoisotopic (exact) mass is 366 g/mol. The van der Waals surface area contributed by atoms with Gasteiger partial charge in [-0.2, -0.15) is 25.3 Å². The maximum atomic E-state index is 11.5. The van der Waals surface area contributed by atoms with Gasteiger partial charge in [-0.1, -0.05) is 13.8 Å². The number of hydrogen-bond acceptors (Lipinski definition) is 8. The minimum Gasteiger partial charge on any atom is -0.465 e. The van der Waals surface area contributed by atoms with Crippen molar-refractivity contribution in [1.82, 2.24) is 0 Å². The molecule has 0 aromatic rings. The molecule has 0 saturated carbocycles. The molecule has 0 fully saturated rings. The van der Waals surface area contributed by atoms with E-state index in [0.29, 0.717) is 17.9 Å². The Bertz CT molecular complexity index is 364. The molecule has 0 aliphatic rings. The lowest BCUT2D eigenvalue weighted by Crippen LogP contribution is -2.39. The van der Waals surface area contributed by atoms with Crippen LogP contribution in [0.25, 0.3) is 0 Å². The van der Waals surface area contributed by atoms with Crippen LogP contribution in [0.5, 0.6) is 0 Å². The Morgan fingerprint density at radius 1 is 0.783 bits per heavy atom. The minimum absolute atomic E-state index is 0.0151. The van der Waals surface area contributed by atoms with Crippen LogP contribution in [0, 0.1) is 5.41 Å². The molecule has 0 aromatic heterocycles. The van der Waals surface area contributed by atoms with E-state index in [1.807, 2.05) is 6.92 Å². The molecule has 0 radical (unpaired) electrons. The Morgan fingerprint density at radius 2 is 1.17 bits per heavy atom. The highest BCUT2D eigenvalue weighted by Gasteiger charge is 2.34. The Morgan fingerprint density at radius 3 is 1.48 bits per heavy atom. The molecule has 0 atom stereocenters. The number of rotatable bonds is 12. The standard InChI is InChI=1S/C15H26O6S2/c1-3-12(16)19-9-15(4-2,10-20-13(17)5-7-22)11-21-14(18)6-8-23/h22-23H,3-11H2,1-2H3. The van der Waals surface area contributed by atoms with Gasteiger partial charge in [0.05, 0.1) is 18.3 Å². The molecule has 0 N–H and O–H groups in total. The van der Waals surface area contributed by atoms with Gasteiger partial charge in [-0.05, 0) is 6.42 Å². The topological polar surface area (TPSA) is 78.9 Å². The second-order valence-corrected chi connectivity index (χ2v) is 6.03. The maximum absolute atomic E-state index is 11.5. The average Bonchev–Trinajstić information content (AvgIpc) is 2.55. The fourth-order valence-corrected chi connectivity index (χ4v) is 1.93. The third-order valence-electron chi connectivity index (χ3n) is 3.29. The van der Waals surface area contributed by atoms with Crippen LogP contribution < -0.4 is 0 Å². The van der Waals surface area contributed by atoms with Gasteiger partial charge in [-0.15, -0.1) is 0 Å². The van der Waals surface area contributed by atoms with Gasteiger partial charge in [-0.3, -0.25) is 14.4 Å². The Labute approximate surface area is 148 Å². The molecule has 0 amide bonds. The van der Waals surface area contributed by atoms with Crippen molar-refractivity contribution in [2.24, 2.45) is 5.41 Å². The van der Waals surface area contributed by atoms with Crippen molar-refractivity contribution in [3.05, 3.63) is 0 Å². The highest BCUT2D eigenvalue weighted by Crippen LogP contribution is 2.25. The van der Waals surface area contributed by atoms with Gasteiger partial charge >= 0.3 is 17.9 Å². The highest BCUT2D eigenvalue weighted by molar-refractivity contribution is 7.80. The molecule has 0 heterocycles. The summed E-state index contributed by atoms with van der Waals surface area (Å²) in [6, 6.07) is 0. The zero-order valence-electron chi connectivity index (χ0n) is 13.7. The Balaban J connectivity index is 4.79. The number of thiol groups is 2. The lowest BCUT2D eigenvalue weighted by Gasteiger charge is -2.31. The van der Waals surface area contributed by atoms with Gasteiger partial charge in [0.15, 0.2) is 0 Å². The van der Waals surface area contributed by atoms with Crippen LogP contribution in [0.1, 0.15) is 39.5 Å². The molecule has 23 heavy (non-hydrogen) atoms. The van der Waals surface area contributed by atoms with E-state index in [2.05, 4.69) is 25.3 Å². The molecule has 0 aromatic carbocycles. The Hall–Kier alpha value is -0.890. The van der Waals surface area contributed by atoms with E-state index in [1.54, 1.807) is 6.92 Å². The van der Waals surface area contributed by atoms with Crippen LogP contribution in [0.4, 0.5) is 0 Å². The molecule has 8 heteroatoms. The van der Waals surface area contributed by atoms with E-state index in [4.69, 9.17) is 14.2 Å².